The lowest BCUT2D eigenvalue weighted by Crippen LogP contribution is -2.33. The molecular formula is C14H19N3. The molecule has 1 fully saturated rings. The van der Waals surface area contributed by atoms with Gasteiger partial charge in [0.15, 0.2) is 0 Å². The maximum Gasteiger partial charge on any atom is 0.0683 e. The van der Waals surface area contributed by atoms with Gasteiger partial charge in [0.1, 0.15) is 0 Å². The molecule has 1 atom stereocenters. The van der Waals surface area contributed by atoms with Crippen molar-refractivity contribution in [1.29, 1.82) is 0 Å². The highest BCUT2D eigenvalue weighted by molar-refractivity contribution is 5.78. The lowest BCUT2D eigenvalue weighted by atomic mass is 9.99. The second-order valence-electron chi connectivity index (χ2n) is 5.09. The summed E-state index contributed by atoms with van der Waals surface area (Å²) in [6.07, 6.45) is 7.20. The highest BCUT2D eigenvalue weighted by Crippen LogP contribution is 2.27. The Morgan fingerprint density at radius 2 is 2.06 bits per heavy atom. The molecule has 0 saturated heterocycles. The SMILES string of the molecule is NC(Cn1ncc2ccccc21)C1CCCC1. The molecule has 0 bridgehead atoms. The monoisotopic (exact) mass is 229 g/mol. The Morgan fingerprint density at radius 1 is 1.29 bits per heavy atom. The first-order valence-corrected chi connectivity index (χ1v) is 6.51. The Balaban J connectivity index is 1.80. The minimum absolute atomic E-state index is 0.251. The zero-order valence-electron chi connectivity index (χ0n) is 10.0. The normalized spacial score (nSPS) is 18.9. The molecule has 0 radical (unpaired) electrons. The highest BCUT2D eigenvalue weighted by Gasteiger charge is 2.22. The number of nitrogens with zero attached hydrogens (tertiary/aromatic N) is 2. The Morgan fingerprint density at radius 3 is 2.88 bits per heavy atom. The molecule has 2 N–H and O–H groups in total. The Labute approximate surface area is 102 Å². The maximum absolute atomic E-state index is 6.30. The van der Waals surface area contributed by atoms with E-state index in [0.29, 0.717) is 5.92 Å². The van der Waals surface area contributed by atoms with Gasteiger partial charge in [-0.2, -0.15) is 5.10 Å². The van der Waals surface area contributed by atoms with Gasteiger partial charge < -0.3 is 5.73 Å². The van der Waals surface area contributed by atoms with Gasteiger partial charge in [0.25, 0.3) is 0 Å². The summed E-state index contributed by atoms with van der Waals surface area (Å²) in [6, 6.07) is 8.57. The van der Waals surface area contributed by atoms with Crippen molar-refractivity contribution in [2.45, 2.75) is 38.3 Å². The Hall–Kier alpha value is -1.35. The van der Waals surface area contributed by atoms with E-state index < -0.39 is 0 Å². The average Bonchev–Trinajstić information content (AvgIpc) is 2.98. The topological polar surface area (TPSA) is 43.8 Å². The fraction of sp³-hybridized carbons (Fsp3) is 0.500. The van der Waals surface area contributed by atoms with E-state index in [-0.39, 0.29) is 6.04 Å². The summed E-state index contributed by atoms with van der Waals surface area (Å²) in [5.74, 6) is 0.693. The predicted molar refractivity (Wildman–Crippen MR) is 69.7 cm³/mol. The maximum atomic E-state index is 6.30. The molecule has 1 unspecified atom stereocenters. The summed E-state index contributed by atoms with van der Waals surface area (Å²) in [4.78, 5) is 0. The average molecular weight is 229 g/mol. The lowest BCUT2D eigenvalue weighted by molar-refractivity contribution is 0.378. The molecule has 1 aliphatic rings. The van der Waals surface area contributed by atoms with Crippen LogP contribution >= 0.6 is 0 Å². The molecule has 1 aromatic carbocycles. The molecule has 1 aromatic heterocycles. The molecule has 90 valence electrons. The van der Waals surface area contributed by atoms with E-state index >= 15 is 0 Å². The second kappa shape index (κ2) is 4.49. The van der Waals surface area contributed by atoms with Gasteiger partial charge in [0.2, 0.25) is 0 Å². The molecule has 0 spiro atoms. The van der Waals surface area contributed by atoms with Crippen LogP contribution in [0.25, 0.3) is 10.9 Å². The van der Waals surface area contributed by atoms with Crippen LogP contribution in [-0.4, -0.2) is 15.8 Å². The van der Waals surface area contributed by atoms with Crippen molar-refractivity contribution in [3.05, 3.63) is 30.5 Å². The molecule has 2 aromatic rings. The third-order valence-electron chi connectivity index (χ3n) is 3.94. The molecule has 3 nitrogen and oxygen atoms in total. The first kappa shape index (κ1) is 10.8. The van der Waals surface area contributed by atoms with Gasteiger partial charge >= 0.3 is 0 Å². The molecule has 0 aliphatic heterocycles. The van der Waals surface area contributed by atoms with Crippen LogP contribution in [0.2, 0.25) is 0 Å². The van der Waals surface area contributed by atoms with Crippen LogP contribution in [0.4, 0.5) is 0 Å². The molecule has 1 aliphatic carbocycles. The summed E-state index contributed by atoms with van der Waals surface area (Å²) >= 11 is 0. The van der Waals surface area contributed by atoms with Crippen LogP contribution < -0.4 is 5.73 Å². The van der Waals surface area contributed by atoms with Crippen molar-refractivity contribution >= 4 is 10.9 Å². The van der Waals surface area contributed by atoms with Gasteiger partial charge in [-0.15, -0.1) is 0 Å². The van der Waals surface area contributed by atoms with Crippen molar-refractivity contribution in [3.63, 3.8) is 0 Å². The number of hydrogen-bond acceptors (Lipinski definition) is 2. The van der Waals surface area contributed by atoms with Gasteiger partial charge in [0.05, 0.1) is 18.3 Å². The summed E-state index contributed by atoms with van der Waals surface area (Å²) in [7, 11) is 0. The van der Waals surface area contributed by atoms with Crippen molar-refractivity contribution in [1.82, 2.24) is 9.78 Å². The van der Waals surface area contributed by atoms with Crippen LogP contribution in [0.15, 0.2) is 30.5 Å². The first-order chi connectivity index (χ1) is 8.34. The van der Waals surface area contributed by atoms with E-state index in [9.17, 15) is 0 Å². The molecule has 1 saturated carbocycles. The largest absolute Gasteiger partial charge is 0.326 e. The number of nitrogens with two attached hydrogens (primary N) is 1. The van der Waals surface area contributed by atoms with Gasteiger partial charge in [-0.05, 0) is 24.8 Å². The van der Waals surface area contributed by atoms with Crippen molar-refractivity contribution in [2.75, 3.05) is 0 Å². The molecule has 1 heterocycles. The summed E-state index contributed by atoms with van der Waals surface area (Å²) < 4.78 is 2.05. The Bertz CT molecular complexity index is 497. The second-order valence-corrected chi connectivity index (χ2v) is 5.09. The van der Waals surface area contributed by atoms with Crippen molar-refractivity contribution < 1.29 is 0 Å². The lowest BCUT2D eigenvalue weighted by Gasteiger charge is -2.19. The molecular weight excluding hydrogens is 210 g/mol. The smallest absolute Gasteiger partial charge is 0.0683 e. The summed E-state index contributed by atoms with van der Waals surface area (Å²) in [5, 5.41) is 5.64. The van der Waals surface area contributed by atoms with Crippen LogP contribution in [0.5, 0.6) is 0 Å². The van der Waals surface area contributed by atoms with Crippen LogP contribution in [0.1, 0.15) is 25.7 Å². The number of para-hydroxylation sites is 1. The third-order valence-corrected chi connectivity index (χ3v) is 3.94. The number of aromatic nitrogens is 2. The van der Waals surface area contributed by atoms with Crippen molar-refractivity contribution in [3.8, 4) is 0 Å². The minimum atomic E-state index is 0.251. The quantitative estimate of drug-likeness (QED) is 0.879. The summed E-state index contributed by atoms with van der Waals surface area (Å²) in [6.45, 7) is 0.845. The fourth-order valence-electron chi connectivity index (χ4n) is 2.91. The van der Waals surface area contributed by atoms with E-state index in [1.807, 2.05) is 12.3 Å². The number of hydrogen-bond donors (Lipinski definition) is 1. The van der Waals surface area contributed by atoms with E-state index in [0.717, 1.165) is 6.54 Å². The third kappa shape index (κ3) is 2.07. The highest BCUT2D eigenvalue weighted by atomic mass is 15.3. The van der Waals surface area contributed by atoms with Crippen LogP contribution in [0.3, 0.4) is 0 Å². The van der Waals surface area contributed by atoms with E-state index in [1.165, 1.54) is 36.6 Å². The number of benzene rings is 1. The minimum Gasteiger partial charge on any atom is -0.326 e. The standard InChI is InChI=1S/C14H19N3/c15-13(11-5-1-2-6-11)10-17-14-8-4-3-7-12(14)9-16-17/h3-4,7-9,11,13H,1-2,5-6,10,15H2. The van der Waals surface area contributed by atoms with Crippen molar-refractivity contribution in [2.24, 2.45) is 11.7 Å². The van der Waals surface area contributed by atoms with Crippen LogP contribution in [0, 0.1) is 5.92 Å². The van der Waals surface area contributed by atoms with E-state index in [4.69, 9.17) is 5.73 Å². The van der Waals surface area contributed by atoms with Gasteiger partial charge in [-0.3, -0.25) is 4.68 Å². The number of fused-ring (bicyclic) bond motifs is 1. The summed E-state index contributed by atoms with van der Waals surface area (Å²) in [5.41, 5.74) is 7.50. The fourth-order valence-corrected chi connectivity index (χ4v) is 2.91. The Kier molecular flexibility index (Phi) is 2.85. The zero-order chi connectivity index (χ0) is 11.7. The first-order valence-electron chi connectivity index (χ1n) is 6.51. The van der Waals surface area contributed by atoms with E-state index in [1.54, 1.807) is 0 Å². The molecule has 3 heteroatoms. The van der Waals surface area contributed by atoms with Gasteiger partial charge in [0, 0.05) is 11.4 Å². The molecule has 0 amide bonds. The zero-order valence-corrected chi connectivity index (χ0v) is 10.0. The van der Waals surface area contributed by atoms with Gasteiger partial charge in [-0.25, -0.2) is 0 Å². The molecule has 17 heavy (non-hydrogen) atoms. The van der Waals surface area contributed by atoms with E-state index in [2.05, 4.69) is 28.0 Å². The predicted octanol–water partition coefficient (Wildman–Crippen LogP) is 2.55. The van der Waals surface area contributed by atoms with Gasteiger partial charge in [-0.1, -0.05) is 31.0 Å². The number of rotatable bonds is 3. The van der Waals surface area contributed by atoms with Crippen LogP contribution in [-0.2, 0) is 6.54 Å². The molecule has 3 rings (SSSR count).